The molecule has 0 aromatic carbocycles. The van der Waals surface area contributed by atoms with E-state index in [9.17, 15) is 19.5 Å². The zero-order chi connectivity index (χ0) is 14.9. The van der Waals surface area contributed by atoms with Crippen LogP contribution in [0.2, 0.25) is 0 Å². The van der Waals surface area contributed by atoms with Crippen molar-refractivity contribution in [1.29, 1.82) is 0 Å². The van der Waals surface area contributed by atoms with Crippen LogP contribution in [0, 0.1) is 0 Å². The van der Waals surface area contributed by atoms with Gasteiger partial charge in [-0.05, 0) is 13.8 Å². The Morgan fingerprint density at radius 1 is 1.40 bits per heavy atom. The van der Waals surface area contributed by atoms with Gasteiger partial charge < -0.3 is 19.5 Å². The van der Waals surface area contributed by atoms with E-state index in [0.717, 1.165) is 0 Å². The van der Waals surface area contributed by atoms with E-state index in [1.807, 2.05) is 0 Å². The number of carbonyl (C=O) groups excluding carboxylic acids is 2. The molecule has 2 aliphatic heterocycles. The summed E-state index contributed by atoms with van der Waals surface area (Å²) in [5.41, 5.74) is -0.941. The number of carbonyl (C=O) groups is 3. The number of carboxylic acid groups (broad SMARTS) is 1. The summed E-state index contributed by atoms with van der Waals surface area (Å²) in [6.07, 6.45) is 0.122. The molecule has 7 heteroatoms. The number of esters is 1. The molecule has 2 rings (SSSR count). The third-order valence-electron chi connectivity index (χ3n) is 3.74. The molecule has 0 atom stereocenters. The van der Waals surface area contributed by atoms with Crippen LogP contribution >= 0.6 is 0 Å². The first-order chi connectivity index (χ1) is 9.41. The number of hydrogen-bond acceptors (Lipinski definition) is 5. The Morgan fingerprint density at radius 3 is 2.50 bits per heavy atom. The summed E-state index contributed by atoms with van der Waals surface area (Å²) in [5.74, 6) is -1.73. The highest BCUT2D eigenvalue weighted by Gasteiger charge is 2.51. The molecule has 2 aliphatic rings. The lowest BCUT2D eigenvalue weighted by Crippen LogP contribution is -2.49. The van der Waals surface area contributed by atoms with E-state index in [1.54, 1.807) is 6.92 Å². The zero-order valence-corrected chi connectivity index (χ0v) is 11.5. The van der Waals surface area contributed by atoms with E-state index in [1.165, 1.54) is 11.8 Å². The van der Waals surface area contributed by atoms with Crippen LogP contribution in [0.3, 0.4) is 0 Å². The van der Waals surface area contributed by atoms with Crippen LogP contribution in [0.5, 0.6) is 0 Å². The van der Waals surface area contributed by atoms with Crippen molar-refractivity contribution < 1.29 is 29.0 Å². The maximum Gasteiger partial charge on any atom is 0.409 e. The number of rotatable bonds is 2. The summed E-state index contributed by atoms with van der Waals surface area (Å²) in [6.45, 7) is 4.07. The average Bonchev–Trinajstić information content (AvgIpc) is 2.62. The van der Waals surface area contributed by atoms with Crippen molar-refractivity contribution in [3.63, 3.8) is 0 Å². The minimum atomic E-state index is -1.14. The van der Waals surface area contributed by atoms with Gasteiger partial charge in [0, 0.05) is 31.5 Å². The van der Waals surface area contributed by atoms with Crippen LogP contribution in [0.4, 0.5) is 4.79 Å². The van der Waals surface area contributed by atoms with E-state index in [4.69, 9.17) is 9.47 Å². The number of amides is 1. The van der Waals surface area contributed by atoms with Gasteiger partial charge in [0.15, 0.2) is 0 Å². The topological polar surface area (TPSA) is 93.1 Å². The second kappa shape index (κ2) is 5.15. The molecule has 0 bridgehead atoms. The quantitative estimate of drug-likeness (QED) is 0.758. The van der Waals surface area contributed by atoms with Gasteiger partial charge in [0.1, 0.15) is 5.60 Å². The molecule has 0 aromatic heterocycles. The number of hydrogen-bond donors (Lipinski definition) is 1. The Balaban J connectivity index is 2.15. The van der Waals surface area contributed by atoms with Crippen molar-refractivity contribution in [3.8, 4) is 0 Å². The molecule has 0 saturated carbocycles. The summed E-state index contributed by atoms with van der Waals surface area (Å²) in [4.78, 5) is 36.1. The van der Waals surface area contributed by atoms with Crippen molar-refractivity contribution in [1.82, 2.24) is 4.90 Å². The summed E-state index contributed by atoms with van der Waals surface area (Å²) in [7, 11) is 0. The normalized spacial score (nSPS) is 21.1. The Hall–Kier alpha value is -2.05. The van der Waals surface area contributed by atoms with E-state index in [-0.39, 0.29) is 30.6 Å². The van der Waals surface area contributed by atoms with Gasteiger partial charge in [-0.25, -0.2) is 14.4 Å². The third-order valence-corrected chi connectivity index (χ3v) is 3.74. The molecule has 0 aliphatic carbocycles. The van der Waals surface area contributed by atoms with Gasteiger partial charge in [-0.1, -0.05) is 0 Å². The minimum absolute atomic E-state index is 0.0195. The third kappa shape index (κ3) is 2.23. The molecular weight excluding hydrogens is 266 g/mol. The number of likely N-dealkylation sites (tertiary alicyclic amines) is 1. The SMILES string of the molecule is CCOC(=O)N1CCC2(CC1)OC(=O)C(C)=C2C(=O)O. The fraction of sp³-hybridized carbons (Fsp3) is 0.615. The minimum Gasteiger partial charge on any atom is -0.478 e. The fourth-order valence-corrected chi connectivity index (χ4v) is 2.72. The van der Waals surface area contributed by atoms with Gasteiger partial charge in [0.05, 0.1) is 12.2 Å². The molecule has 1 fully saturated rings. The molecule has 20 heavy (non-hydrogen) atoms. The first-order valence-electron chi connectivity index (χ1n) is 6.51. The number of aliphatic carboxylic acids is 1. The summed E-state index contributed by atoms with van der Waals surface area (Å²) in [6, 6.07) is 0. The van der Waals surface area contributed by atoms with Gasteiger partial charge in [0.25, 0.3) is 0 Å². The van der Waals surface area contributed by atoms with Crippen molar-refractivity contribution in [2.45, 2.75) is 32.3 Å². The Morgan fingerprint density at radius 2 is 2.00 bits per heavy atom. The zero-order valence-electron chi connectivity index (χ0n) is 11.5. The second-order valence-electron chi connectivity index (χ2n) is 4.87. The van der Waals surface area contributed by atoms with Crippen molar-refractivity contribution in [2.75, 3.05) is 19.7 Å². The lowest BCUT2D eigenvalue weighted by molar-refractivity contribution is -0.151. The summed E-state index contributed by atoms with van der Waals surface area (Å²) >= 11 is 0. The molecule has 1 N–H and O–H groups in total. The van der Waals surface area contributed by atoms with Crippen molar-refractivity contribution in [2.24, 2.45) is 0 Å². The van der Waals surface area contributed by atoms with Crippen LogP contribution in [-0.4, -0.2) is 53.3 Å². The first-order valence-corrected chi connectivity index (χ1v) is 6.51. The van der Waals surface area contributed by atoms with E-state index in [0.29, 0.717) is 13.1 Å². The lowest BCUT2D eigenvalue weighted by atomic mass is 9.83. The number of piperidine rings is 1. The van der Waals surface area contributed by atoms with Gasteiger partial charge in [-0.3, -0.25) is 0 Å². The maximum absolute atomic E-state index is 11.6. The largest absolute Gasteiger partial charge is 0.478 e. The van der Waals surface area contributed by atoms with Gasteiger partial charge >= 0.3 is 18.0 Å². The van der Waals surface area contributed by atoms with Crippen molar-refractivity contribution >= 4 is 18.0 Å². The van der Waals surface area contributed by atoms with E-state index in [2.05, 4.69) is 0 Å². The Kier molecular flexibility index (Phi) is 3.69. The van der Waals surface area contributed by atoms with Crippen LogP contribution < -0.4 is 0 Å². The number of ether oxygens (including phenoxy) is 2. The first kappa shape index (κ1) is 14.4. The van der Waals surface area contributed by atoms with Crippen LogP contribution in [-0.2, 0) is 19.1 Å². The molecule has 1 amide bonds. The number of nitrogens with zero attached hydrogens (tertiary/aromatic N) is 1. The lowest BCUT2D eigenvalue weighted by Gasteiger charge is -2.38. The van der Waals surface area contributed by atoms with Crippen LogP contribution in [0.15, 0.2) is 11.1 Å². The molecule has 0 unspecified atom stereocenters. The van der Waals surface area contributed by atoms with E-state index >= 15 is 0 Å². The summed E-state index contributed by atoms with van der Waals surface area (Å²) < 4.78 is 10.2. The molecule has 110 valence electrons. The Bertz CT molecular complexity index is 487. The molecule has 0 radical (unpaired) electrons. The second-order valence-corrected chi connectivity index (χ2v) is 4.87. The van der Waals surface area contributed by atoms with Crippen molar-refractivity contribution in [3.05, 3.63) is 11.1 Å². The standard InChI is InChI=1S/C13H17NO6/c1-3-19-12(18)14-6-4-13(5-7-14)9(10(15)16)8(2)11(17)20-13/h3-7H2,1-2H3,(H,15,16). The Labute approximate surface area is 116 Å². The smallest absolute Gasteiger partial charge is 0.409 e. The number of carboxylic acids is 1. The van der Waals surface area contributed by atoms with Crippen LogP contribution in [0.25, 0.3) is 0 Å². The molecule has 1 saturated heterocycles. The van der Waals surface area contributed by atoms with E-state index < -0.39 is 23.6 Å². The van der Waals surface area contributed by atoms with Gasteiger partial charge in [-0.15, -0.1) is 0 Å². The highest BCUT2D eigenvalue weighted by atomic mass is 16.6. The molecular formula is C13H17NO6. The average molecular weight is 283 g/mol. The molecule has 2 heterocycles. The van der Waals surface area contributed by atoms with Crippen LogP contribution in [0.1, 0.15) is 26.7 Å². The molecule has 1 spiro atoms. The van der Waals surface area contributed by atoms with Gasteiger partial charge in [-0.2, -0.15) is 0 Å². The predicted molar refractivity (Wildman–Crippen MR) is 67.0 cm³/mol. The summed E-state index contributed by atoms with van der Waals surface area (Å²) in [5, 5.41) is 9.28. The highest BCUT2D eigenvalue weighted by Crippen LogP contribution is 2.41. The fourth-order valence-electron chi connectivity index (χ4n) is 2.72. The monoisotopic (exact) mass is 283 g/mol. The molecule has 0 aromatic rings. The maximum atomic E-state index is 11.6. The van der Waals surface area contributed by atoms with Gasteiger partial charge in [0.2, 0.25) is 0 Å². The highest BCUT2D eigenvalue weighted by molar-refractivity contribution is 6.04. The predicted octanol–water partition coefficient (Wildman–Crippen LogP) is 0.935. The molecule has 7 nitrogen and oxygen atoms in total.